The van der Waals surface area contributed by atoms with Crippen LogP contribution in [0.25, 0.3) is 0 Å². The van der Waals surface area contributed by atoms with Gasteiger partial charge in [0, 0.05) is 11.5 Å². The van der Waals surface area contributed by atoms with Crippen LogP contribution in [-0.4, -0.2) is 39.1 Å². The fraction of sp³-hybridized carbons (Fsp3) is 0.222. The second-order valence-electron chi connectivity index (χ2n) is 3.11. The van der Waals surface area contributed by atoms with E-state index in [2.05, 4.69) is 13.5 Å². The van der Waals surface area contributed by atoms with Gasteiger partial charge in [-0.2, -0.15) is 8.68 Å². The molecule has 0 fully saturated rings. The summed E-state index contributed by atoms with van der Waals surface area (Å²) in [7, 11) is 2.79. The number of nitrogens with zero attached hydrogens (tertiary/aromatic N) is 3. The summed E-state index contributed by atoms with van der Waals surface area (Å²) in [4.78, 5) is 11.5. The van der Waals surface area contributed by atoms with Gasteiger partial charge < -0.3 is 9.29 Å². The van der Waals surface area contributed by atoms with Crippen LogP contribution >= 0.6 is 11.5 Å². The molecule has 0 N–H and O–H groups in total. The van der Waals surface area contributed by atoms with Crippen LogP contribution in [0.15, 0.2) is 27.6 Å². The van der Waals surface area contributed by atoms with Crippen molar-refractivity contribution in [1.82, 2.24) is 8.68 Å². The largest absolute Gasteiger partial charge is 0.566 e. The molecule has 8 heteroatoms. The molecule has 90 valence electrons. The first-order chi connectivity index (χ1) is 8.13. The van der Waals surface area contributed by atoms with Crippen molar-refractivity contribution in [2.75, 3.05) is 14.2 Å². The van der Waals surface area contributed by atoms with Crippen molar-refractivity contribution in [3.8, 4) is 0 Å². The molecule has 2 heterocycles. The maximum absolute atomic E-state index is 11.7. The number of carbonyl (C=O) groups excluding carboxylic acids is 1. The van der Waals surface area contributed by atoms with Gasteiger partial charge in [-0.25, -0.2) is 4.79 Å². The Hall–Kier alpha value is -1.38. The third-order valence-electron chi connectivity index (χ3n) is 2.12. The first-order valence-corrected chi connectivity index (χ1v) is 6.48. The van der Waals surface area contributed by atoms with E-state index in [-0.39, 0.29) is 5.70 Å². The lowest BCUT2D eigenvalue weighted by molar-refractivity contribution is -0.137. The van der Waals surface area contributed by atoms with Crippen molar-refractivity contribution in [3.05, 3.63) is 28.9 Å². The average molecular weight is 271 g/mol. The van der Waals surface area contributed by atoms with Crippen LogP contribution in [0.2, 0.25) is 0 Å². The van der Waals surface area contributed by atoms with Crippen LogP contribution in [0.4, 0.5) is 0 Å². The number of methoxy groups -OCH3 is 1. The van der Waals surface area contributed by atoms with Crippen LogP contribution in [0.5, 0.6) is 0 Å². The number of aromatic nitrogens is 1. The van der Waals surface area contributed by atoms with Crippen LogP contribution in [-0.2, 0) is 21.1 Å². The van der Waals surface area contributed by atoms with Gasteiger partial charge in [0.1, 0.15) is 11.4 Å². The molecule has 0 saturated heterocycles. The van der Waals surface area contributed by atoms with Gasteiger partial charge in [0.15, 0.2) is 5.70 Å². The highest BCUT2D eigenvalue weighted by molar-refractivity contribution is 7.88. The third kappa shape index (κ3) is 2.33. The fourth-order valence-electron chi connectivity index (χ4n) is 1.23. The molecule has 0 amide bonds. The molecule has 0 aliphatic carbocycles. The van der Waals surface area contributed by atoms with E-state index in [0.29, 0.717) is 11.4 Å². The van der Waals surface area contributed by atoms with Gasteiger partial charge in [-0.1, -0.05) is 0 Å². The van der Waals surface area contributed by atoms with Crippen molar-refractivity contribution in [2.45, 2.75) is 0 Å². The van der Waals surface area contributed by atoms with E-state index < -0.39 is 17.5 Å². The van der Waals surface area contributed by atoms with Gasteiger partial charge in [0.25, 0.3) is 0 Å². The van der Waals surface area contributed by atoms with E-state index in [9.17, 15) is 9.35 Å². The zero-order chi connectivity index (χ0) is 12.4. The molecule has 1 atom stereocenters. The molecule has 2 rings (SSSR count). The molecule has 1 unspecified atom stereocenters. The molecular weight excluding hydrogens is 262 g/mol. The highest BCUT2D eigenvalue weighted by atomic mass is 32.2. The van der Waals surface area contributed by atoms with E-state index in [0.717, 1.165) is 0 Å². The monoisotopic (exact) mass is 271 g/mol. The molecule has 17 heavy (non-hydrogen) atoms. The molecule has 1 aromatic rings. The van der Waals surface area contributed by atoms with Gasteiger partial charge >= 0.3 is 5.97 Å². The summed E-state index contributed by atoms with van der Waals surface area (Å²) >= 11 is -0.373. The van der Waals surface area contributed by atoms with Gasteiger partial charge in [-0.05, 0) is 22.0 Å². The lowest BCUT2D eigenvalue weighted by Crippen LogP contribution is -2.33. The minimum Gasteiger partial charge on any atom is -0.566 e. The first-order valence-electron chi connectivity index (χ1n) is 4.58. The van der Waals surface area contributed by atoms with Gasteiger partial charge in [-0.3, -0.25) is 0 Å². The van der Waals surface area contributed by atoms with Gasteiger partial charge in [0.05, 0.1) is 14.2 Å². The molecule has 0 spiro atoms. The molecule has 1 aliphatic rings. The van der Waals surface area contributed by atoms with Crippen molar-refractivity contribution >= 4 is 34.8 Å². The fourth-order valence-corrected chi connectivity index (χ4v) is 2.48. The summed E-state index contributed by atoms with van der Waals surface area (Å²) in [6.45, 7) is 0. The number of allylic oxidation sites excluding steroid dienone is 1. The van der Waals surface area contributed by atoms with Crippen molar-refractivity contribution < 1.29 is 14.1 Å². The average Bonchev–Trinajstić information content (AvgIpc) is 2.85. The Kier molecular flexibility index (Phi) is 3.46. The Morgan fingerprint density at radius 2 is 2.41 bits per heavy atom. The Balaban J connectivity index is 2.39. The predicted molar refractivity (Wildman–Crippen MR) is 64.7 cm³/mol. The minimum absolute atomic E-state index is 0.198. The Labute approximate surface area is 105 Å². The second kappa shape index (κ2) is 4.86. The zero-order valence-electron chi connectivity index (χ0n) is 9.11. The third-order valence-corrected chi connectivity index (χ3v) is 3.70. The smallest absolute Gasteiger partial charge is 0.359 e. The Morgan fingerprint density at radius 3 is 3.00 bits per heavy atom. The van der Waals surface area contributed by atoms with E-state index in [1.807, 2.05) is 0 Å². The second-order valence-corrected chi connectivity index (χ2v) is 4.97. The molecule has 0 saturated carbocycles. The SMILES string of the molecule is COC(=O)C1=CC(c2ccsn2)=N[S+]([O-])N1C. The molecular formula is C9H9N3O3S2. The maximum Gasteiger partial charge on any atom is 0.359 e. The molecule has 1 aliphatic heterocycles. The number of carbonyl (C=O) groups is 1. The van der Waals surface area contributed by atoms with E-state index in [1.54, 1.807) is 11.4 Å². The standard InChI is InChI=1S/C9H9N3O3S2/c1-12-8(9(13)15-2)5-7(11-17(12)14)6-3-4-16-10-6/h3-5H,1-2H3. The normalized spacial score (nSPS) is 19.7. The molecule has 1 aromatic heterocycles. The number of rotatable bonds is 2. The number of hydrogen-bond acceptors (Lipinski definition) is 7. The summed E-state index contributed by atoms with van der Waals surface area (Å²) in [5.41, 5.74) is 1.21. The number of esters is 1. The highest BCUT2D eigenvalue weighted by Gasteiger charge is 2.31. The van der Waals surface area contributed by atoms with Crippen LogP contribution in [0.1, 0.15) is 5.69 Å². The van der Waals surface area contributed by atoms with E-state index in [1.165, 1.54) is 36.1 Å². The zero-order valence-corrected chi connectivity index (χ0v) is 10.7. The van der Waals surface area contributed by atoms with Gasteiger partial charge in [0.2, 0.25) is 11.5 Å². The molecule has 6 nitrogen and oxygen atoms in total. The molecule has 0 bridgehead atoms. The van der Waals surface area contributed by atoms with Crippen molar-refractivity contribution in [2.24, 2.45) is 4.40 Å². The molecule has 0 radical (unpaired) electrons. The van der Waals surface area contributed by atoms with E-state index >= 15 is 0 Å². The van der Waals surface area contributed by atoms with Crippen molar-refractivity contribution in [1.29, 1.82) is 0 Å². The minimum atomic E-state index is -1.64. The first kappa shape index (κ1) is 12.1. The predicted octanol–water partition coefficient (Wildman–Crippen LogP) is 0.513. The van der Waals surface area contributed by atoms with Crippen LogP contribution in [0.3, 0.4) is 0 Å². The quantitative estimate of drug-likeness (QED) is 0.578. The lowest BCUT2D eigenvalue weighted by atomic mass is 10.2. The maximum atomic E-state index is 11.7. The number of likely N-dealkylation sites (N-methyl/N-ethyl adjacent to an activating group) is 1. The highest BCUT2D eigenvalue weighted by Crippen LogP contribution is 2.19. The topological polar surface area (TPSA) is 77.8 Å². The summed E-state index contributed by atoms with van der Waals surface area (Å²) < 4.78 is 25.6. The van der Waals surface area contributed by atoms with Crippen molar-refractivity contribution in [3.63, 3.8) is 0 Å². The summed E-state index contributed by atoms with van der Waals surface area (Å²) in [5.74, 6) is -0.552. The Bertz CT molecular complexity index is 484. The Morgan fingerprint density at radius 1 is 1.65 bits per heavy atom. The number of hydrogen-bond donors (Lipinski definition) is 0. The molecule has 0 aromatic carbocycles. The van der Waals surface area contributed by atoms with E-state index in [4.69, 9.17) is 0 Å². The lowest BCUT2D eigenvalue weighted by Gasteiger charge is -2.21. The van der Waals surface area contributed by atoms with Gasteiger partial charge in [-0.15, -0.1) is 0 Å². The summed E-state index contributed by atoms with van der Waals surface area (Å²) in [6.07, 6.45) is 1.52. The van der Waals surface area contributed by atoms with Crippen LogP contribution < -0.4 is 0 Å². The summed E-state index contributed by atoms with van der Waals surface area (Å²) in [6, 6.07) is 1.75. The summed E-state index contributed by atoms with van der Waals surface area (Å²) in [5, 5.41) is 1.78. The van der Waals surface area contributed by atoms with Crippen LogP contribution in [0, 0.1) is 0 Å². The number of ether oxygens (including phenoxy) is 1.